The lowest BCUT2D eigenvalue weighted by atomic mass is 9.76. The molecule has 0 radical (unpaired) electrons. The average molecular weight is 263 g/mol. The summed E-state index contributed by atoms with van der Waals surface area (Å²) in [4.78, 5) is 1.94. The lowest BCUT2D eigenvalue weighted by molar-refractivity contribution is 0.00578. The van der Waals surface area contributed by atoms with Crippen molar-refractivity contribution in [1.29, 1.82) is 0 Å². The number of nitrogens with zero attached hydrogens (tertiary/aromatic N) is 1. The van der Waals surface area contributed by atoms with E-state index in [4.69, 9.17) is 9.31 Å². The van der Waals surface area contributed by atoms with Crippen molar-refractivity contribution in [3.8, 4) is 5.75 Å². The first kappa shape index (κ1) is 14.2. The maximum absolute atomic E-state index is 10.2. The molecule has 0 unspecified atom stereocenters. The summed E-state index contributed by atoms with van der Waals surface area (Å²) in [7, 11) is 3.32. The minimum Gasteiger partial charge on any atom is -0.508 e. The Morgan fingerprint density at radius 1 is 1.05 bits per heavy atom. The third-order valence-electron chi connectivity index (χ3n) is 4.03. The van der Waals surface area contributed by atoms with E-state index in [2.05, 4.69) is 0 Å². The zero-order valence-electron chi connectivity index (χ0n) is 12.5. The van der Waals surface area contributed by atoms with Gasteiger partial charge in [0.05, 0.1) is 11.2 Å². The molecule has 1 aromatic rings. The molecular weight excluding hydrogens is 241 g/mol. The van der Waals surface area contributed by atoms with Crippen molar-refractivity contribution in [3.05, 3.63) is 18.2 Å². The summed E-state index contributed by atoms with van der Waals surface area (Å²) in [6, 6.07) is 5.42. The summed E-state index contributed by atoms with van der Waals surface area (Å²) in [5, 5.41) is 10.2. The van der Waals surface area contributed by atoms with Crippen LogP contribution in [0.3, 0.4) is 0 Å². The number of benzene rings is 1. The fraction of sp³-hybridized carbons (Fsp3) is 0.571. The summed E-state index contributed by atoms with van der Waals surface area (Å²) in [5.74, 6) is 0.199. The molecule has 0 saturated carbocycles. The van der Waals surface area contributed by atoms with Crippen LogP contribution in [0, 0.1) is 0 Å². The Hall–Kier alpha value is -1.20. The van der Waals surface area contributed by atoms with Crippen LogP contribution in [0.5, 0.6) is 5.75 Å². The number of anilines is 1. The molecule has 0 atom stereocenters. The summed E-state index contributed by atoms with van der Waals surface area (Å²) in [6.45, 7) is 8.01. The van der Waals surface area contributed by atoms with Crippen molar-refractivity contribution in [3.63, 3.8) is 0 Å². The molecule has 0 aliphatic carbocycles. The summed E-state index contributed by atoms with van der Waals surface area (Å²) >= 11 is 0. The predicted octanol–water partition coefficient (Wildman–Crippen LogP) is 1.76. The van der Waals surface area contributed by atoms with Crippen molar-refractivity contribution in [2.75, 3.05) is 19.0 Å². The van der Waals surface area contributed by atoms with Crippen molar-refractivity contribution < 1.29 is 14.4 Å². The standard InChI is InChI=1S/C14H22BNO3/c1-13(2)14(3,4)19-15(18-13)12-10(16(5)6)8-7-9-11(12)17/h7-9,17H,1-6H3. The fourth-order valence-corrected chi connectivity index (χ4v) is 2.13. The molecule has 0 amide bonds. The molecule has 1 aliphatic heterocycles. The van der Waals surface area contributed by atoms with Gasteiger partial charge in [-0.15, -0.1) is 0 Å². The van der Waals surface area contributed by atoms with E-state index in [0.29, 0.717) is 5.46 Å². The van der Waals surface area contributed by atoms with E-state index in [-0.39, 0.29) is 5.75 Å². The Labute approximate surface area is 115 Å². The van der Waals surface area contributed by atoms with Crippen LogP contribution < -0.4 is 10.4 Å². The number of aromatic hydroxyl groups is 1. The molecule has 0 spiro atoms. The van der Waals surface area contributed by atoms with E-state index in [1.165, 1.54) is 0 Å². The first-order valence-electron chi connectivity index (χ1n) is 6.50. The van der Waals surface area contributed by atoms with Gasteiger partial charge < -0.3 is 19.3 Å². The first-order chi connectivity index (χ1) is 8.66. The Bertz CT molecular complexity index is 470. The second-order valence-corrected chi connectivity index (χ2v) is 6.19. The van der Waals surface area contributed by atoms with Gasteiger partial charge in [0, 0.05) is 25.2 Å². The number of phenols is 1. The van der Waals surface area contributed by atoms with Crippen LogP contribution in [-0.2, 0) is 9.31 Å². The van der Waals surface area contributed by atoms with Gasteiger partial charge >= 0.3 is 7.12 Å². The van der Waals surface area contributed by atoms with Crippen molar-refractivity contribution in [1.82, 2.24) is 0 Å². The van der Waals surface area contributed by atoms with Crippen LogP contribution in [0.25, 0.3) is 0 Å². The molecule has 1 N–H and O–H groups in total. The van der Waals surface area contributed by atoms with Gasteiger partial charge in [0.25, 0.3) is 0 Å². The molecule has 1 aromatic carbocycles. The van der Waals surface area contributed by atoms with E-state index in [9.17, 15) is 5.11 Å². The van der Waals surface area contributed by atoms with E-state index < -0.39 is 18.3 Å². The van der Waals surface area contributed by atoms with Crippen LogP contribution in [-0.4, -0.2) is 37.5 Å². The van der Waals surface area contributed by atoms with E-state index in [1.807, 2.05) is 58.8 Å². The van der Waals surface area contributed by atoms with Crippen molar-refractivity contribution >= 4 is 18.3 Å². The van der Waals surface area contributed by atoms with Gasteiger partial charge in [-0.05, 0) is 39.8 Å². The van der Waals surface area contributed by atoms with Gasteiger partial charge in [-0.25, -0.2) is 0 Å². The zero-order valence-corrected chi connectivity index (χ0v) is 12.5. The number of hydrogen-bond acceptors (Lipinski definition) is 4. The largest absolute Gasteiger partial charge is 0.508 e. The van der Waals surface area contributed by atoms with Crippen LogP contribution in [0.4, 0.5) is 5.69 Å². The van der Waals surface area contributed by atoms with E-state index >= 15 is 0 Å². The maximum atomic E-state index is 10.2. The smallest absolute Gasteiger partial charge is 0.500 e. The summed E-state index contributed by atoms with van der Waals surface area (Å²) in [5.41, 5.74) is 0.761. The second-order valence-electron chi connectivity index (χ2n) is 6.19. The highest BCUT2D eigenvalue weighted by atomic mass is 16.7. The van der Waals surface area contributed by atoms with E-state index in [1.54, 1.807) is 6.07 Å². The lowest BCUT2D eigenvalue weighted by Gasteiger charge is -2.32. The molecule has 2 rings (SSSR count). The van der Waals surface area contributed by atoms with Gasteiger partial charge in [0.2, 0.25) is 0 Å². The van der Waals surface area contributed by atoms with Gasteiger partial charge in [-0.3, -0.25) is 0 Å². The lowest BCUT2D eigenvalue weighted by Crippen LogP contribution is -2.41. The molecule has 104 valence electrons. The molecule has 19 heavy (non-hydrogen) atoms. The summed E-state index contributed by atoms with van der Waals surface area (Å²) < 4.78 is 12.0. The Morgan fingerprint density at radius 2 is 1.58 bits per heavy atom. The second kappa shape index (κ2) is 4.42. The van der Waals surface area contributed by atoms with Crippen LogP contribution in [0.15, 0.2) is 18.2 Å². The molecular formula is C14H22BNO3. The SMILES string of the molecule is CN(C)c1cccc(O)c1B1OC(C)(C)C(C)(C)O1. The Balaban J connectivity index is 2.45. The number of phenolic OH excluding ortho intramolecular Hbond substituents is 1. The Kier molecular flexibility index (Phi) is 3.31. The highest BCUT2D eigenvalue weighted by molar-refractivity contribution is 6.65. The normalized spacial score (nSPS) is 20.6. The average Bonchev–Trinajstić information content (AvgIpc) is 2.47. The van der Waals surface area contributed by atoms with Gasteiger partial charge in [0.15, 0.2) is 0 Å². The molecule has 4 nitrogen and oxygen atoms in total. The van der Waals surface area contributed by atoms with Crippen LogP contribution >= 0.6 is 0 Å². The maximum Gasteiger partial charge on any atom is 0.500 e. The van der Waals surface area contributed by atoms with Gasteiger partial charge in [-0.1, -0.05) is 6.07 Å². The van der Waals surface area contributed by atoms with Crippen molar-refractivity contribution in [2.24, 2.45) is 0 Å². The molecule has 1 saturated heterocycles. The third-order valence-corrected chi connectivity index (χ3v) is 4.03. The minimum atomic E-state index is -0.552. The highest BCUT2D eigenvalue weighted by Crippen LogP contribution is 2.38. The Morgan fingerprint density at radius 3 is 2.05 bits per heavy atom. The number of rotatable bonds is 2. The monoisotopic (exact) mass is 263 g/mol. The predicted molar refractivity (Wildman–Crippen MR) is 78.1 cm³/mol. The summed E-state index contributed by atoms with van der Waals surface area (Å²) in [6.07, 6.45) is 0. The van der Waals surface area contributed by atoms with Gasteiger partial charge in [-0.2, -0.15) is 0 Å². The third kappa shape index (κ3) is 2.32. The molecule has 0 aromatic heterocycles. The minimum absolute atomic E-state index is 0.199. The molecule has 1 aliphatic rings. The van der Waals surface area contributed by atoms with Crippen LogP contribution in [0.1, 0.15) is 27.7 Å². The molecule has 1 heterocycles. The fourth-order valence-electron chi connectivity index (χ4n) is 2.13. The molecule has 0 bridgehead atoms. The van der Waals surface area contributed by atoms with Gasteiger partial charge in [0.1, 0.15) is 5.75 Å². The quantitative estimate of drug-likeness (QED) is 0.825. The number of hydrogen-bond donors (Lipinski definition) is 1. The first-order valence-corrected chi connectivity index (χ1v) is 6.50. The molecule has 1 fully saturated rings. The highest BCUT2D eigenvalue weighted by Gasteiger charge is 2.53. The van der Waals surface area contributed by atoms with Crippen LogP contribution in [0.2, 0.25) is 0 Å². The zero-order chi connectivity index (χ0) is 14.4. The van der Waals surface area contributed by atoms with E-state index in [0.717, 1.165) is 5.69 Å². The molecule has 5 heteroatoms. The topological polar surface area (TPSA) is 41.9 Å². The van der Waals surface area contributed by atoms with Crippen molar-refractivity contribution in [2.45, 2.75) is 38.9 Å².